The number of hydrogen-bond donors (Lipinski definition) is 0. The molecule has 11 aromatic rings. The molecular weight excluding hydrogens is 757 g/mol. The van der Waals surface area contributed by atoms with Gasteiger partial charge < -0.3 is 9.32 Å². The molecule has 1 heterocycles. The first-order valence-electron chi connectivity index (χ1n) is 20.8. The smallest absolute Gasteiger partial charge is 0.227 e. The van der Waals surface area contributed by atoms with E-state index in [1.54, 1.807) is 0 Å². The topological polar surface area (TPSA) is 29.3 Å². The second-order valence-corrected chi connectivity index (χ2v) is 19.3. The molecule has 10 aromatic carbocycles. The predicted molar refractivity (Wildman–Crippen MR) is 258 cm³/mol. The minimum Gasteiger partial charge on any atom is -0.435 e. The summed E-state index contributed by atoms with van der Waals surface area (Å²) in [6.45, 7) is 0. The number of nitrogens with zero attached hydrogens (tertiary/aromatic N) is 2. The average Bonchev–Trinajstić information content (AvgIpc) is 3.79. The fourth-order valence-corrected chi connectivity index (χ4v) is 13.9. The van der Waals surface area contributed by atoms with Gasteiger partial charge >= 0.3 is 0 Å². The summed E-state index contributed by atoms with van der Waals surface area (Å²) in [6, 6.07) is 87.7. The van der Waals surface area contributed by atoms with E-state index in [9.17, 15) is 0 Å². The number of hydrogen-bond acceptors (Lipinski definition) is 3. The zero-order valence-corrected chi connectivity index (χ0v) is 34.4. The average molecular weight is 797 g/mol. The molecule has 3 nitrogen and oxygen atoms in total. The lowest BCUT2D eigenvalue weighted by atomic mass is 10.00. The molecule has 0 unspecified atom stereocenters. The Kier molecular flexibility index (Phi) is 9.18. The maximum atomic E-state index is 6.63. The van der Waals surface area contributed by atoms with Gasteiger partial charge in [0.2, 0.25) is 5.89 Å². The molecule has 0 aliphatic carbocycles. The summed E-state index contributed by atoms with van der Waals surface area (Å²) >= 11 is 0. The van der Waals surface area contributed by atoms with Gasteiger partial charge in [0.15, 0.2) is 13.7 Å². The number of fused-ring (bicyclic) bond motifs is 5. The van der Waals surface area contributed by atoms with Crippen molar-refractivity contribution < 1.29 is 4.42 Å². The van der Waals surface area contributed by atoms with Crippen molar-refractivity contribution in [2.75, 3.05) is 4.90 Å². The van der Waals surface area contributed by atoms with Gasteiger partial charge in [-0.3, -0.25) is 0 Å². The molecule has 0 bridgehead atoms. The maximum Gasteiger partial charge on any atom is 0.227 e. The van der Waals surface area contributed by atoms with Crippen LogP contribution in [0.1, 0.15) is 0 Å². The van der Waals surface area contributed by atoms with Gasteiger partial charge in [-0.2, -0.15) is 0 Å². The molecule has 0 saturated carbocycles. The van der Waals surface area contributed by atoms with E-state index in [0.717, 1.165) is 55.3 Å². The number of benzene rings is 10. The monoisotopic (exact) mass is 796 g/mol. The maximum absolute atomic E-state index is 6.63. The molecular formula is C57H40N2OSi. The van der Waals surface area contributed by atoms with Crippen LogP contribution < -0.4 is 25.6 Å². The minimum atomic E-state index is -2.71. The van der Waals surface area contributed by atoms with Gasteiger partial charge in [-0.05, 0) is 103 Å². The number of oxazole rings is 1. The standard InChI is InChI=1S/C57H40N2OSi/c1-6-16-41(17-7-1)42-28-32-46(33-29-42)59(48-34-30-43-26-27-44-31-39-54-56(55(44)53(43)40-48)60-57(58-54)45-18-8-2-9-19-45)47-35-37-52(38-36-47)61(49-20-10-3-11-21-49,50-22-12-4-13-23-50)51-24-14-5-15-25-51/h1-40H. The first-order valence-corrected chi connectivity index (χ1v) is 22.8. The Bertz CT molecular complexity index is 3170. The zero-order chi connectivity index (χ0) is 40.6. The predicted octanol–water partition coefficient (Wildman–Crippen LogP) is 12.3. The van der Waals surface area contributed by atoms with E-state index < -0.39 is 8.07 Å². The third-order valence-electron chi connectivity index (χ3n) is 12.0. The minimum absolute atomic E-state index is 0.623. The molecule has 0 aliphatic heterocycles. The lowest BCUT2D eigenvalue weighted by molar-refractivity contribution is 0.623. The normalized spacial score (nSPS) is 11.6. The van der Waals surface area contributed by atoms with Crippen LogP contribution in [0.5, 0.6) is 0 Å². The Morgan fingerprint density at radius 3 is 1.36 bits per heavy atom. The van der Waals surface area contributed by atoms with Crippen molar-refractivity contribution in [3.05, 3.63) is 243 Å². The third-order valence-corrected chi connectivity index (χ3v) is 16.8. The number of anilines is 3. The van der Waals surface area contributed by atoms with Crippen molar-refractivity contribution in [2.24, 2.45) is 0 Å². The Hall–Kier alpha value is -7.79. The van der Waals surface area contributed by atoms with Crippen molar-refractivity contribution in [1.82, 2.24) is 4.98 Å². The van der Waals surface area contributed by atoms with Crippen LogP contribution >= 0.6 is 0 Å². The lowest BCUT2D eigenvalue weighted by Crippen LogP contribution is -2.74. The largest absolute Gasteiger partial charge is 0.435 e. The van der Waals surface area contributed by atoms with Crippen molar-refractivity contribution in [3.8, 4) is 22.6 Å². The van der Waals surface area contributed by atoms with Crippen LogP contribution in [0, 0.1) is 0 Å². The van der Waals surface area contributed by atoms with Crippen LogP contribution in [-0.4, -0.2) is 13.1 Å². The van der Waals surface area contributed by atoms with Crippen LogP contribution in [0.4, 0.5) is 17.1 Å². The van der Waals surface area contributed by atoms with Gasteiger partial charge in [0.05, 0.1) is 0 Å². The molecule has 4 heteroatoms. The van der Waals surface area contributed by atoms with Crippen molar-refractivity contribution in [2.45, 2.75) is 0 Å². The highest BCUT2D eigenvalue weighted by molar-refractivity contribution is 7.19. The van der Waals surface area contributed by atoms with Crippen molar-refractivity contribution in [1.29, 1.82) is 0 Å². The summed E-state index contributed by atoms with van der Waals surface area (Å²) < 4.78 is 6.63. The highest BCUT2D eigenvalue weighted by Crippen LogP contribution is 2.40. The first kappa shape index (κ1) is 36.3. The molecule has 0 atom stereocenters. The van der Waals surface area contributed by atoms with Gasteiger partial charge in [-0.15, -0.1) is 0 Å². The van der Waals surface area contributed by atoms with Gasteiger partial charge in [0, 0.05) is 28.0 Å². The van der Waals surface area contributed by atoms with Gasteiger partial charge in [0.1, 0.15) is 5.52 Å². The van der Waals surface area contributed by atoms with Crippen LogP contribution in [0.25, 0.3) is 55.2 Å². The molecule has 0 amide bonds. The van der Waals surface area contributed by atoms with E-state index in [2.05, 4.69) is 217 Å². The summed E-state index contributed by atoms with van der Waals surface area (Å²) in [4.78, 5) is 7.32. The van der Waals surface area contributed by atoms with Crippen LogP contribution in [-0.2, 0) is 0 Å². The van der Waals surface area contributed by atoms with E-state index in [1.807, 2.05) is 30.3 Å². The number of aromatic nitrogens is 1. The number of rotatable bonds is 9. The summed E-state index contributed by atoms with van der Waals surface area (Å²) in [5, 5.41) is 9.80. The Labute approximate surface area is 356 Å². The Morgan fingerprint density at radius 1 is 0.361 bits per heavy atom. The van der Waals surface area contributed by atoms with Crippen LogP contribution in [0.3, 0.4) is 0 Å². The molecule has 0 fully saturated rings. The van der Waals surface area contributed by atoms with E-state index in [-0.39, 0.29) is 0 Å². The quantitative estimate of drug-likeness (QED) is 0.0828. The third kappa shape index (κ3) is 6.42. The highest BCUT2D eigenvalue weighted by atomic mass is 28.3. The lowest BCUT2D eigenvalue weighted by Gasteiger charge is -2.35. The zero-order valence-electron chi connectivity index (χ0n) is 33.4. The molecule has 11 rings (SSSR count). The summed E-state index contributed by atoms with van der Waals surface area (Å²) in [5.41, 5.74) is 8.16. The second kappa shape index (κ2) is 15.4. The fourth-order valence-electron chi connectivity index (χ4n) is 9.16. The Morgan fingerprint density at radius 2 is 0.787 bits per heavy atom. The van der Waals surface area contributed by atoms with Crippen LogP contribution in [0.15, 0.2) is 247 Å². The van der Waals surface area contributed by atoms with Gasteiger partial charge in [-0.1, -0.05) is 188 Å². The van der Waals surface area contributed by atoms with Crippen LogP contribution in [0.2, 0.25) is 0 Å². The van der Waals surface area contributed by atoms with E-state index >= 15 is 0 Å². The highest BCUT2D eigenvalue weighted by Gasteiger charge is 2.41. The molecule has 288 valence electrons. The van der Waals surface area contributed by atoms with Crippen molar-refractivity contribution in [3.63, 3.8) is 0 Å². The molecule has 0 spiro atoms. The molecule has 0 aliphatic rings. The molecule has 0 N–H and O–H groups in total. The van der Waals surface area contributed by atoms with E-state index in [1.165, 1.54) is 31.9 Å². The first-order chi connectivity index (χ1) is 30.2. The molecule has 61 heavy (non-hydrogen) atoms. The van der Waals surface area contributed by atoms with Gasteiger partial charge in [-0.25, -0.2) is 4.98 Å². The summed E-state index contributed by atoms with van der Waals surface area (Å²) in [6.07, 6.45) is 0. The molecule has 0 radical (unpaired) electrons. The summed E-state index contributed by atoms with van der Waals surface area (Å²) in [7, 11) is -2.71. The van der Waals surface area contributed by atoms with Crippen molar-refractivity contribution >= 4 is 78.5 Å². The van der Waals surface area contributed by atoms with E-state index in [4.69, 9.17) is 9.40 Å². The summed E-state index contributed by atoms with van der Waals surface area (Å²) in [5.74, 6) is 0.623. The Balaban J connectivity index is 1.11. The van der Waals surface area contributed by atoms with E-state index in [0.29, 0.717) is 5.89 Å². The molecule has 1 aromatic heterocycles. The fraction of sp³-hybridized carbons (Fsp3) is 0. The molecule has 0 saturated heterocycles. The second-order valence-electron chi connectivity index (χ2n) is 15.5. The van der Waals surface area contributed by atoms with Gasteiger partial charge in [0.25, 0.3) is 0 Å². The SMILES string of the molecule is c1ccc(-c2ccc(N(c3ccc([Si](c4ccccc4)(c4ccccc4)c4ccccc4)cc3)c3ccc4ccc5ccc6nc(-c7ccccc7)oc6c5c4c3)cc2)cc1.